The van der Waals surface area contributed by atoms with E-state index in [2.05, 4.69) is 53.8 Å². The summed E-state index contributed by atoms with van der Waals surface area (Å²) in [6.07, 6.45) is 4.00. The Morgan fingerprint density at radius 2 is 1.14 bits per heavy atom. The maximum Gasteiger partial charge on any atom is 0.244 e. The van der Waals surface area contributed by atoms with Gasteiger partial charge in [0.05, 0.1) is 6.61 Å². The van der Waals surface area contributed by atoms with Crippen LogP contribution in [0.25, 0.3) is 6.08 Å². The van der Waals surface area contributed by atoms with E-state index in [0.717, 1.165) is 23.1 Å². The minimum Gasteiger partial charge on any atom is -0.504 e. The molecule has 0 bridgehead atoms. The predicted molar refractivity (Wildman–Crippen MR) is 170 cm³/mol. The maximum atomic E-state index is 12.8. The van der Waals surface area contributed by atoms with E-state index in [1.54, 1.807) is 24.3 Å². The van der Waals surface area contributed by atoms with E-state index in [9.17, 15) is 9.90 Å². The van der Waals surface area contributed by atoms with Crippen LogP contribution in [0.1, 0.15) is 46.1 Å². The molecule has 0 aromatic heterocycles. The van der Waals surface area contributed by atoms with Crippen LogP contribution in [0, 0.1) is 0 Å². The quantitative estimate of drug-likeness (QED) is 0.154. The Morgan fingerprint density at radius 3 is 1.64 bits per heavy atom. The Labute approximate surface area is 248 Å². The number of nitrogens with one attached hydrogen (secondary N) is 1. The third-order valence-electron chi connectivity index (χ3n) is 7.36. The van der Waals surface area contributed by atoms with Crippen molar-refractivity contribution in [3.63, 3.8) is 0 Å². The van der Waals surface area contributed by atoms with Gasteiger partial charge in [-0.3, -0.25) is 4.79 Å². The van der Waals surface area contributed by atoms with Crippen LogP contribution in [-0.2, 0) is 4.79 Å². The van der Waals surface area contributed by atoms with Crippen LogP contribution < -0.4 is 10.1 Å². The Morgan fingerprint density at radius 1 is 0.667 bits per heavy atom. The first-order chi connectivity index (χ1) is 20.7. The van der Waals surface area contributed by atoms with Crippen molar-refractivity contribution in [2.24, 2.45) is 0 Å². The van der Waals surface area contributed by atoms with Gasteiger partial charge in [0.15, 0.2) is 11.5 Å². The monoisotopic (exact) mass is 553 g/mol. The molecule has 0 aliphatic carbocycles. The molecular weight excluding hydrogens is 518 g/mol. The van der Waals surface area contributed by atoms with Crippen molar-refractivity contribution in [2.45, 2.75) is 18.3 Å². The topological polar surface area (TPSA) is 58.6 Å². The first-order valence-corrected chi connectivity index (χ1v) is 14.3. The number of rotatable bonds is 12. The van der Waals surface area contributed by atoms with Gasteiger partial charge in [0.2, 0.25) is 5.91 Å². The highest BCUT2D eigenvalue weighted by Gasteiger charge is 2.16. The standard InChI is InChI=1S/C38H35NO3/c40-36-23-21-29(22-24-38(41)39-28-35(32-17-9-3-10-18-32)33-19-11-4-12-20-33)27-37(36)42-26-25-34(30-13-5-1-6-14-30)31-15-7-2-8-16-31/h1-24,27,34-35,40H,25-26,28H2,(H,39,41)/b24-22+. The van der Waals surface area contributed by atoms with Crippen LogP contribution in [0.15, 0.2) is 146 Å². The third-order valence-corrected chi connectivity index (χ3v) is 7.36. The molecule has 0 spiro atoms. The number of phenols is 1. The summed E-state index contributed by atoms with van der Waals surface area (Å²) in [5.74, 6) is 0.508. The SMILES string of the molecule is O=C(/C=C/c1ccc(O)c(OCCC(c2ccccc2)c2ccccc2)c1)NCC(c1ccccc1)c1ccccc1. The van der Waals surface area contributed by atoms with Crippen molar-refractivity contribution < 1.29 is 14.6 Å². The van der Waals surface area contributed by atoms with Gasteiger partial charge in [-0.05, 0) is 52.4 Å². The number of hydrogen-bond acceptors (Lipinski definition) is 3. The van der Waals surface area contributed by atoms with Crippen LogP contribution in [0.3, 0.4) is 0 Å². The highest BCUT2D eigenvalue weighted by atomic mass is 16.5. The average molecular weight is 554 g/mol. The van der Waals surface area contributed by atoms with Crippen LogP contribution in [0.4, 0.5) is 0 Å². The van der Waals surface area contributed by atoms with Crippen LogP contribution >= 0.6 is 0 Å². The molecule has 210 valence electrons. The zero-order valence-corrected chi connectivity index (χ0v) is 23.5. The number of aromatic hydroxyl groups is 1. The first kappa shape index (κ1) is 28.4. The summed E-state index contributed by atoms with van der Waals surface area (Å²) in [5.41, 5.74) is 5.51. The Bertz CT molecular complexity index is 1490. The number of hydrogen-bond donors (Lipinski definition) is 2. The summed E-state index contributed by atoms with van der Waals surface area (Å²) in [7, 11) is 0. The van der Waals surface area contributed by atoms with Gasteiger partial charge in [0.25, 0.3) is 0 Å². The molecule has 0 unspecified atom stereocenters. The molecule has 0 saturated carbocycles. The lowest BCUT2D eigenvalue weighted by Gasteiger charge is -2.19. The molecule has 0 aliphatic heterocycles. The molecular formula is C38H35NO3. The summed E-state index contributed by atoms with van der Waals surface area (Å²) in [6.45, 7) is 0.904. The summed E-state index contributed by atoms with van der Waals surface area (Å²) in [4.78, 5) is 12.8. The fourth-order valence-electron chi connectivity index (χ4n) is 5.17. The summed E-state index contributed by atoms with van der Waals surface area (Å²) in [5, 5.41) is 13.5. The third kappa shape index (κ3) is 7.76. The Kier molecular flexibility index (Phi) is 9.83. The van der Waals surface area contributed by atoms with Crippen molar-refractivity contribution in [3.8, 4) is 11.5 Å². The van der Waals surface area contributed by atoms with Gasteiger partial charge in [0.1, 0.15) is 0 Å². The number of benzene rings is 5. The second kappa shape index (κ2) is 14.5. The second-order valence-electron chi connectivity index (χ2n) is 10.2. The molecule has 1 amide bonds. The van der Waals surface area contributed by atoms with Crippen LogP contribution in [0.2, 0.25) is 0 Å². The van der Waals surface area contributed by atoms with E-state index in [1.807, 2.05) is 72.8 Å². The number of amides is 1. The minimum atomic E-state index is -0.184. The first-order valence-electron chi connectivity index (χ1n) is 14.3. The molecule has 0 saturated heterocycles. The van der Waals surface area contributed by atoms with Crippen molar-refractivity contribution in [1.82, 2.24) is 5.32 Å². The van der Waals surface area contributed by atoms with E-state index in [1.165, 1.54) is 17.2 Å². The van der Waals surface area contributed by atoms with Gasteiger partial charge < -0.3 is 15.2 Å². The van der Waals surface area contributed by atoms with E-state index < -0.39 is 0 Å². The molecule has 5 rings (SSSR count). The smallest absolute Gasteiger partial charge is 0.244 e. The molecule has 5 aromatic rings. The van der Waals surface area contributed by atoms with Gasteiger partial charge in [-0.2, -0.15) is 0 Å². The molecule has 0 atom stereocenters. The number of ether oxygens (including phenoxy) is 1. The lowest BCUT2D eigenvalue weighted by molar-refractivity contribution is -0.116. The van der Waals surface area contributed by atoms with Gasteiger partial charge in [-0.15, -0.1) is 0 Å². The zero-order valence-electron chi connectivity index (χ0n) is 23.5. The van der Waals surface area contributed by atoms with Gasteiger partial charge in [-0.1, -0.05) is 127 Å². The average Bonchev–Trinajstić information content (AvgIpc) is 3.05. The van der Waals surface area contributed by atoms with Gasteiger partial charge >= 0.3 is 0 Å². The molecule has 4 nitrogen and oxygen atoms in total. The summed E-state index contributed by atoms with van der Waals surface area (Å²) in [6, 6.07) is 46.3. The zero-order chi connectivity index (χ0) is 29.0. The molecule has 4 heteroatoms. The molecule has 0 fully saturated rings. The minimum absolute atomic E-state index is 0.0500. The summed E-state index contributed by atoms with van der Waals surface area (Å²) < 4.78 is 6.05. The Hall–Kier alpha value is -5.09. The van der Waals surface area contributed by atoms with Crippen molar-refractivity contribution in [2.75, 3.05) is 13.2 Å². The fourth-order valence-corrected chi connectivity index (χ4v) is 5.17. The van der Waals surface area contributed by atoms with Crippen LogP contribution in [0.5, 0.6) is 11.5 Å². The normalized spacial score (nSPS) is 11.2. The molecule has 2 N–H and O–H groups in total. The van der Waals surface area contributed by atoms with Gasteiger partial charge in [-0.25, -0.2) is 0 Å². The second-order valence-corrected chi connectivity index (χ2v) is 10.2. The number of carbonyl (C=O) groups excluding carboxylic acids is 1. The maximum absolute atomic E-state index is 12.8. The van der Waals surface area contributed by atoms with E-state index >= 15 is 0 Å². The van der Waals surface area contributed by atoms with Gasteiger partial charge in [0, 0.05) is 24.5 Å². The lowest BCUT2D eigenvalue weighted by Crippen LogP contribution is -2.27. The van der Waals surface area contributed by atoms with Crippen molar-refractivity contribution in [1.29, 1.82) is 0 Å². The fraction of sp³-hybridized carbons (Fsp3) is 0.132. The highest BCUT2D eigenvalue weighted by Crippen LogP contribution is 2.31. The van der Waals surface area contributed by atoms with Crippen LogP contribution in [-0.4, -0.2) is 24.2 Å². The molecule has 5 aromatic carbocycles. The molecule has 0 aliphatic rings. The van der Waals surface area contributed by atoms with Crippen molar-refractivity contribution in [3.05, 3.63) is 173 Å². The molecule has 0 radical (unpaired) electrons. The van der Waals surface area contributed by atoms with Crippen molar-refractivity contribution >= 4 is 12.0 Å². The number of phenolic OH excluding ortho intramolecular Hbond substituents is 1. The molecule has 0 heterocycles. The van der Waals surface area contributed by atoms with E-state index in [4.69, 9.17) is 4.74 Å². The largest absolute Gasteiger partial charge is 0.504 e. The molecule has 42 heavy (non-hydrogen) atoms. The predicted octanol–water partition coefficient (Wildman–Crippen LogP) is 7.95. The highest BCUT2D eigenvalue weighted by molar-refractivity contribution is 5.91. The summed E-state index contributed by atoms with van der Waals surface area (Å²) >= 11 is 0. The lowest BCUT2D eigenvalue weighted by atomic mass is 9.89. The number of carbonyl (C=O) groups is 1. The van der Waals surface area contributed by atoms with E-state index in [-0.39, 0.29) is 23.5 Å². The van der Waals surface area contributed by atoms with E-state index in [0.29, 0.717) is 18.9 Å². The Balaban J connectivity index is 1.21.